The molecule has 0 aliphatic heterocycles. The summed E-state index contributed by atoms with van der Waals surface area (Å²) in [7, 11) is 0. The van der Waals surface area contributed by atoms with E-state index >= 15 is 4.39 Å². The Bertz CT molecular complexity index is 1050. The first-order valence-corrected chi connectivity index (χ1v) is 10.8. The van der Waals surface area contributed by atoms with Crippen molar-refractivity contribution in [3.05, 3.63) is 39.4 Å². The summed E-state index contributed by atoms with van der Waals surface area (Å²) in [5.74, 6) is -1.79. The van der Waals surface area contributed by atoms with Crippen molar-refractivity contribution >= 4 is 22.6 Å². The number of benzene rings is 1. The zero-order chi connectivity index (χ0) is 21.6. The number of rotatable bonds is 8. The Kier molecular flexibility index (Phi) is 5.34. The molecule has 0 amide bonds. The second kappa shape index (κ2) is 7.69. The highest BCUT2D eigenvalue weighted by atomic mass is 19.1. The first kappa shape index (κ1) is 20.8. The number of aliphatic hydroxyl groups is 1. The largest absolute Gasteiger partial charge is 0.477 e. The monoisotopic (exact) mass is 416 g/mol. The molecule has 0 spiro atoms. The molecule has 2 fully saturated rings. The molecule has 0 unspecified atom stereocenters. The lowest BCUT2D eigenvalue weighted by Gasteiger charge is -2.46. The van der Waals surface area contributed by atoms with Crippen LogP contribution in [0.2, 0.25) is 0 Å². The maximum Gasteiger partial charge on any atom is 0.341 e. The first-order chi connectivity index (χ1) is 14.3. The van der Waals surface area contributed by atoms with Gasteiger partial charge in [-0.3, -0.25) is 4.79 Å². The number of hydrogen-bond donors (Lipinski definition) is 2. The number of nitrogens with zero attached hydrogens (tertiary/aromatic N) is 2. The quantitative estimate of drug-likeness (QED) is 0.683. The van der Waals surface area contributed by atoms with Gasteiger partial charge in [-0.15, -0.1) is 0 Å². The third-order valence-corrected chi connectivity index (χ3v) is 6.93. The highest BCUT2D eigenvalue weighted by Gasteiger charge is 2.39. The fraction of sp³-hybridized carbons (Fsp3) is 0.565. The number of carbonyl (C=O) groups is 1. The van der Waals surface area contributed by atoms with E-state index in [0.717, 1.165) is 32.1 Å². The zero-order valence-electron chi connectivity index (χ0n) is 17.6. The number of aliphatic hydroxyl groups excluding tert-OH is 1. The number of halogens is 1. The van der Waals surface area contributed by atoms with Crippen molar-refractivity contribution in [2.24, 2.45) is 5.41 Å². The van der Waals surface area contributed by atoms with Gasteiger partial charge in [0.25, 0.3) is 0 Å². The minimum atomic E-state index is -1.29. The van der Waals surface area contributed by atoms with E-state index in [2.05, 4.69) is 0 Å². The van der Waals surface area contributed by atoms with Crippen LogP contribution in [-0.4, -0.2) is 40.4 Å². The van der Waals surface area contributed by atoms with Crippen LogP contribution >= 0.6 is 0 Å². The molecule has 4 rings (SSSR count). The molecule has 0 atom stereocenters. The molecule has 1 aromatic heterocycles. The van der Waals surface area contributed by atoms with E-state index in [9.17, 15) is 19.8 Å². The van der Waals surface area contributed by atoms with Crippen molar-refractivity contribution in [3.8, 4) is 0 Å². The van der Waals surface area contributed by atoms with Crippen molar-refractivity contribution in [1.82, 2.24) is 4.57 Å². The maximum atomic E-state index is 15.4. The minimum Gasteiger partial charge on any atom is -0.477 e. The zero-order valence-corrected chi connectivity index (χ0v) is 17.6. The van der Waals surface area contributed by atoms with Gasteiger partial charge in [-0.05, 0) is 63.0 Å². The number of hydrogen-bond acceptors (Lipinski definition) is 4. The van der Waals surface area contributed by atoms with Gasteiger partial charge < -0.3 is 19.7 Å². The molecule has 2 N–H and O–H groups in total. The predicted molar refractivity (Wildman–Crippen MR) is 114 cm³/mol. The van der Waals surface area contributed by atoms with E-state index < -0.39 is 17.2 Å². The fourth-order valence-corrected chi connectivity index (χ4v) is 5.01. The van der Waals surface area contributed by atoms with Gasteiger partial charge >= 0.3 is 5.97 Å². The highest BCUT2D eigenvalue weighted by Crippen LogP contribution is 2.46. The maximum absolute atomic E-state index is 15.4. The third-order valence-electron chi connectivity index (χ3n) is 6.93. The van der Waals surface area contributed by atoms with Crippen LogP contribution in [0.1, 0.15) is 67.4 Å². The molecule has 7 heteroatoms. The van der Waals surface area contributed by atoms with E-state index in [-0.39, 0.29) is 29.0 Å². The Morgan fingerprint density at radius 2 is 2.07 bits per heavy atom. The number of fused-ring (bicyclic) bond motifs is 1. The SMILES string of the molecule is CCN(CC1(CCO)CCC1)c1c(F)cc2c(=O)c(C(=O)O)cn(C3CC3)c2c1C. The molecular weight excluding hydrogens is 387 g/mol. The summed E-state index contributed by atoms with van der Waals surface area (Å²) < 4.78 is 17.2. The lowest BCUT2D eigenvalue weighted by Crippen LogP contribution is -2.43. The second-order valence-corrected chi connectivity index (χ2v) is 8.88. The molecule has 1 heterocycles. The van der Waals surface area contributed by atoms with Crippen molar-refractivity contribution in [2.45, 2.75) is 58.4 Å². The average molecular weight is 416 g/mol. The number of carboxylic acids is 1. The van der Waals surface area contributed by atoms with Gasteiger partial charge in [-0.1, -0.05) is 6.42 Å². The number of carboxylic acid groups (broad SMARTS) is 1. The number of aromatic nitrogens is 1. The van der Waals surface area contributed by atoms with Crippen molar-refractivity contribution < 1.29 is 19.4 Å². The Morgan fingerprint density at radius 1 is 1.37 bits per heavy atom. The van der Waals surface area contributed by atoms with E-state index in [1.54, 1.807) is 0 Å². The van der Waals surface area contributed by atoms with E-state index in [0.29, 0.717) is 36.3 Å². The Morgan fingerprint density at radius 3 is 2.57 bits per heavy atom. The Balaban J connectivity index is 1.89. The molecular formula is C23H29FN2O4. The highest BCUT2D eigenvalue weighted by molar-refractivity contribution is 5.95. The summed E-state index contributed by atoms with van der Waals surface area (Å²) >= 11 is 0. The lowest BCUT2D eigenvalue weighted by atomic mass is 9.66. The van der Waals surface area contributed by atoms with Crippen molar-refractivity contribution in [1.29, 1.82) is 0 Å². The van der Waals surface area contributed by atoms with E-state index in [4.69, 9.17) is 0 Å². The molecule has 0 saturated heterocycles. The van der Waals surface area contributed by atoms with Crippen LogP contribution in [0.5, 0.6) is 0 Å². The normalized spacial score (nSPS) is 17.7. The van der Waals surface area contributed by atoms with Crippen molar-refractivity contribution in [2.75, 3.05) is 24.6 Å². The lowest BCUT2D eigenvalue weighted by molar-refractivity contribution is 0.0694. The van der Waals surface area contributed by atoms with Crippen LogP contribution in [0.25, 0.3) is 10.9 Å². The summed E-state index contributed by atoms with van der Waals surface area (Å²) in [5.41, 5.74) is 0.831. The van der Waals surface area contributed by atoms with Crippen LogP contribution in [0.4, 0.5) is 10.1 Å². The summed E-state index contributed by atoms with van der Waals surface area (Å²) in [6.45, 7) is 5.19. The van der Waals surface area contributed by atoms with Gasteiger partial charge in [-0.2, -0.15) is 0 Å². The molecule has 6 nitrogen and oxygen atoms in total. The topological polar surface area (TPSA) is 82.8 Å². The van der Waals surface area contributed by atoms with Gasteiger partial charge in [0, 0.05) is 37.3 Å². The molecule has 2 aromatic rings. The number of aromatic carboxylic acids is 1. The van der Waals surface area contributed by atoms with Gasteiger partial charge in [0.05, 0.1) is 11.2 Å². The van der Waals surface area contributed by atoms with Crippen LogP contribution in [0.15, 0.2) is 17.1 Å². The van der Waals surface area contributed by atoms with Gasteiger partial charge in [0.1, 0.15) is 11.4 Å². The summed E-state index contributed by atoms with van der Waals surface area (Å²) in [4.78, 5) is 26.4. The molecule has 2 saturated carbocycles. The van der Waals surface area contributed by atoms with Gasteiger partial charge in [0.15, 0.2) is 0 Å². The van der Waals surface area contributed by atoms with Crippen LogP contribution in [0, 0.1) is 18.2 Å². The molecule has 30 heavy (non-hydrogen) atoms. The molecule has 162 valence electrons. The van der Waals surface area contributed by atoms with Gasteiger partial charge in [-0.25, -0.2) is 9.18 Å². The second-order valence-electron chi connectivity index (χ2n) is 8.88. The third kappa shape index (κ3) is 3.39. The first-order valence-electron chi connectivity index (χ1n) is 10.8. The summed E-state index contributed by atoms with van der Waals surface area (Å²) in [5, 5.41) is 19.1. The minimum absolute atomic E-state index is 0.00191. The van der Waals surface area contributed by atoms with Crippen LogP contribution < -0.4 is 10.3 Å². The van der Waals surface area contributed by atoms with Crippen LogP contribution in [0.3, 0.4) is 0 Å². The van der Waals surface area contributed by atoms with E-state index in [1.807, 2.05) is 23.3 Å². The molecule has 0 radical (unpaired) electrons. The molecule has 0 bridgehead atoms. The fourth-order valence-electron chi connectivity index (χ4n) is 5.01. The summed E-state index contributed by atoms with van der Waals surface area (Å²) in [6, 6.07) is 1.36. The summed E-state index contributed by atoms with van der Waals surface area (Å²) in [6.07, 6.45) is 7.12. The molecule has 2 aliphatic rings. The van der Waals surface area contributed by atoms with E-state index in [1.165, 1.54) is 12.3 Å². The number of anilines is 1. The predicted octanol–water partition coefficient (Wildman–Crippen LogP) is 3.86. The number of aryl methyl sites for hydroxylation is 1. The average Bonchev–Trinajstić information content (AvgIpc) is 3.50. The Labute approximate surface area is 174 Å². The number of pyridine rings is 1. The Hall–Kier alpha value is -2.41. The molecule has 2 aliphatic carbocycles. The standard InChI is InChI=1S/C23H29FN2O4/c1-3-25(13-23(9-10-27)7-4-8-23)20-14(2)19-16(11-18(20)24)21(28)17(22(29)30)12-26(19)15-5-6-15/h11-12,15,27H,3-10,13H2,1-2H3,(H,29,30). The van der Waals surface area contributed by atoms with Crippen LogP contribution in [-0.2, 0) is 0 Å². The van der Waals surface area contributed by atoms with Crippen molar-refractivity contribution in [3.63, 3.8) is 0 Å². The molecule has 1 aromatic carbocycles. The smallest absolute Gasteiger partial charge is 0.341 e. The van der Waals surface area contributed by atoms with Gasteiger partial charge in [0.2, 0.25) is 5.43 Å².